The molecule has 23 heavy (non-hydrogen) atoms. The molecule has 0 unspecified atom stereocenters. The molecule has 0 saturated carbocycles. The number of carbonyl (C=O) groups is 2. The number of hydrogen-bond acceptors (Lipinski definition) is 4. The minimum Gasteiger partial charge on any atom is -0.486 e. The molecule has 2 N–H and O–H groups in total. The fourth-order valence-corrected chi connectivity index (χ4v) is 2.45. The van der Waals surface area contributed by atoms with Crippen molar-refractivity contribution in [3.8, 4) is 11.5 Å². The van der Waals surface area contributed by atoms with Gasteiger partial charge in [-0.15, -0.1) is 0 Å². The molecule has 1 heterocycles. The standard InChI is InChI=1S/C17H24N2O4/c1-10(2)15(17(21)18-4)19-16(20)11(3)12-5-6-13-14(9-12)23-8-7-22-13/h5-6,9-11,15H,7-8H2,1-4H3,(H,18,21)(H,19,20)/t11-,15-/m0/s1. The molecule has 6 heteroatoms. The number of benzene rings is 1. The highest BCUT2D eigenvalue weighted by Gasteiger charge is 2.26. The van der Waals surface area contributed by atoms with E-state index in [0.29, 0.717) is 24.7 Å². The van der Waals surface area contributed by atoms with Crippen LogP contribution in [0, 0.1) is 5.92 Å². The van der Waals surface area contributed by atoms with Crippen LogP contribution in [-0.4, -0.2) is 38.1 Å². The van der Waals surface area contributed by atoms with Crippen LogP contribution < -0.4 is 20.1 Å². The van der Waals surface area contributed by atoms with Gasteiger partial charge in [0.2, 0.25) is 11.8 Å². The predicted molar refractivity (Wildman–Crippen MR) is 86.7 cm³/mol. The van der Waals surface area contributed by atoms with Crippen molar-refractivity contribution in [1.29, 1.82) is 0 Å². The fourth-order valence-electron chi connectivity index (χ4n) is 2.45. The van der Waals surface area contributed by atoms with Crippen molar-refractivity contribution in [2.75, 3.05) is 20.3 Å². The molecular weight excluding hydrogens is 296 g/mol. The number of hydrogen-bond donors (Lipinski definition) is 2. The molecule has 0 aliphatic carbocycles. The number of carbonyl (C=O) groups excluding carboxylic acids is 2. The largest absolute Gasteiger partial charge is 0.486 e. The predicted octanol–water partition coefficient (Wildman–Crippen LogP) is 1.45. The van der Waals surface area contributed by atoms with E-state index in [1.807, 2.05) is 39.0 Å². The van der Waals surface area contributed by atoms with Crippen LogP contribution in [0.15, 0.2) is 18.2 Å². The van der Waals surface area contributed by atoms with Gasteiger partial charge in [-0.05, 0) is 30.5 Å². The quantitative estimate of drug-likeness (QED) is 0.861. The summed E-state index contributed by atoms with van der Waals surface area (Å²) in [6.45, 7) is 6.64. The van der Waals surface area contributed by atoms with Crippen molar-refractivity contribution in [3.05, 3.63) is 23.8 Å². The summed E-state index contributed by atoms with van der Waals surface area (Å²) >= 11 is 0. The number of rotatable bonds is 5. The Kier molecular flexibility index (Phi) is 5.47. The molecule has 1 aliphatic heterocycles. The third-order valence-electron chi connectivity index (χ3n) is 3.95. The summed E-state index contributed by atoms with van der Waals surface area (Å²) in [7, 11) is 1.56. The summed E-state index contributed by atoms with van der Waals surface area (Å²) in [5.74, 6) is 0.577. The molecule has 1 aromatic carbocycles. The summed E-state index contributed by atoms with van der Waals surface area (Å²) in [5.41, 5.74) is 0.825. The van der Waals surface area contributed by atoms with Crippen LogP contribution in [0.25, 0.3) is 0 Å². The lowest BCUT2D eigenvalue weighted by Crippen LogP contribution is -2.49. The van der Waals surface area contributed by atoms with Crippen molar-refractivity contribution in [3.63, 3.8) is 0 Å². The van der Waals surface area contributed by atoms with Gasteiger partial charge in [0, 0.05) is 7.05 Å². The smallest absolute Gasteiger partial charge is 0.242 e. The first-order valence-corrected chi connectivity index (χ1v) is 7.85. The highest BCUT2D eigenvalue weighted by Crippen LogP contribution is 2.33. The minimum atomic E-state index is -0.549. The highest BCUT2D eigenvalue weighted by atomic mass is 16.6. The molecule has 1 aromatic rings. The van der Waals surface area contributed by atoms with Crippen molar-refractivity contribution in [2.45, 2.75) is 32.7 Å². The summed E-state index contributed by atoms with van der Waals surface area (Å²) in [6, 6.07) is 4.93. The van der Waals surface area contributed by atoms with Crippen molar-refractivity contribution >= 4 is 11.8 Å². The van der Waals surface area contributed by atoms with Crippen LogP contribution >= 0.6 is 0 Å². The molecule has 6 nitrogen and oxygen atoms in total. The van der Waals surface area contributed by atoms with E-state index in [1.54, 1.807) is 7.05 Å². The molecule has 126 valence electrons. The van der Waals surface area contributed by atoms with Gasteiger partial charge in [0.1, 0.15) is 19.3 Å². The van der Waals surface area contributed by atoms with Crippen molar-refractivity contribution < 1.29 is 19.1 Å². The molecule has 0 bridgehead atoms. The highest BCUT2D eigenvalue weighted by molar-refractivity contribution is 5.90. The SMILES string of the molecule is CNC(=O)[C@@H](NC(=O)[C@@H](C)c1ccc2c(c1)OCCO2)C(C)C. The monoisotopic (exact) mass is 320 g/mol. The first-order chi connectivity index (χ1) is 10.9. The molecule has 0 saturated heterocycles. The molecular formula is C17H24N2O4. The van der Waals surface area contributed by atoms with E-state index >= 15 is 0 Å². The second-order valence-corrected chi connectivity index (χ2v) is 5.97. The van der Waals surface area contributed by atoms with Crippen LogP contribution in [0.1, 0.15) is 32.3 Å². The summed E-state index contributed by atoms with van der Waals surface area (Å²) in [6.07, 6.45) is 0. The molecule has 2 atom stereocenters. The first-order valence-electron chi connectivity index (χ1n) is 7.85. The number of likely N-dealkylation sites (N-methyl/N-ethyl adjacent to an activating group) is 1. The average molecular weight is 320 g/mol. The lowest BCUT2D eigenvalue weighted by Gasteiger charge is -2.24. The number of nitrogens with one attached hydrogen (secondary N) is 2. The average Bonchev–Trinajstić information content (AvgIpc) is 2.57. The number of amides is 2. The molecule has 0 aromatic heterocycles. The van der Waals surface area contributed by atoms with Crippen LogP contribution in [0.3, 0.4) is 0 Å². The maximum absolute atomic E-state index is 12.5. The van der Waals surface area contributed by atoms with E-state index in [4.69, 9.17) is 9.47 Å². The Hall–Kier alpha value is -2.24. The Bertz CT molecular complexity index is 586. The number of ether oxygens (including phenoxy) is 2. The normalized spacial score (nSPS) is 15.7. The van der Waals surface area contributed by atoms with Gasteiger partial charge in [0.05, 0.1) is 5.92 Å². The lowest BCUT2D eigenvalue weighted by molar-refractivity contribution is -0.130. The van der Waals surface area contributed by atoms with Crippen LogP contribution in [0.4, 0.5) is 0 Å². The van der Waals surface area contributed by atoms with Gasteiger partial charge in [-0.2, -0.15) is 0 Å². The summed E-state index contributed by atoms with van der Waals surface area (Å²) in [4.78, 5) is 24.4. The summed E-state index contributed by atoms with van der Waals surface area (Å²) in [5, 5.41) is 5.40. The van der Waals surface area contributed by atoms with Gasteiger partial charge in [-0.3, -0.25) is 9.59 Å². The minimum absolute atomic E-state index is 0.00589. The van der Waals surface area contributed by atoms with Gasteiger partial charge in [-0.25, -0.2) is 0 Å². The van der Waals surface area contributed by atoms with E-state index in [1.165, 1.54) is 0 Å². The Morgan fingerprint density at radius 1 is 1.04 bits per heavy atom. The lowest BCUT2D eigenvalue weighted by atomic mass is 9.97. The maximum Gasteiger partial charge on any atom is 0.242 e. The van der Waals surface area contributed by atoms with Gasteiger partial charge in [0.15, 0.2) is 11.5 Å². The van der Waals surface area contributed by atoms with E-state index in [2.05, 4.69) is 10.6 Å². The molecule has 0 spiro atoms. The second kappa shape index (κ2) is 7.35. The Morgan fingerprint density at radius 3 is 2.30 bits per heavy atom. The molecule has 2 amide bonds. The van der Waals surface area contributed by atoms with Crippen molar-refractivity contribution in [1.82, 2.24) is 10.6 Å². The molecule has 0 fully saturated rings. The molecule has 2 rings (SSSR count). The Labute approximate surface area is 136 Å². The van der Waals surface area contributed by atoms with Crippen molar-refractivity contribution in [2.24, 2.45) is 5.92 Å². The van der Waals surface area contributed by atoms with E-state index in [0.717, 1.165) is 5.56 Å². The van der Waals surface area contributed by atoms with E-state index in [-0.39, 0.29) is 17.7 Å². The van der Waals surface area contributed by atoms with Crippen LogP contribution in [0.5, 0.6) is 11.5 Å². The zero-order valence-electron chi connectivity index (χ0n) is 14.0. The van der Waals surface area contributed by atoms with Gasteiger partial charge < -0.3 is 20.1 Å². The first kappa shape index (κ1) is 17.1. The van der Waals surface area contributed by atoms with E-state index in [9.17, 15) is 9.59 Å². The van der Waals surface area contributed by atoms with Gasteiger partial charge in [0.25, 0.3) is 0 Å². The third-order valence-corrected chi connectivity index (χ3v) is 3.95. The Balaban J connectivity index is 2.11. The topological polar surface area (TPSA) is 76.7 Å². The molecule has 0 radical (unpaired) electrons. The Morgan fingerprint density at radius 2 is 1.70 bits per heavy atom. The van der Waals surface area contributed by atoms with Crippen LogP contribution in [-0.2, 0) is 9.59 Å². The van der Waals surface area contributed by atoms with E-state index < -0.39 is 12.0 Å². The maximum atomic E-state index is 12.5. The molecule has 1 aliphatic rings. The van der Waals surface area contributed by atoms with Gasteiger partial charge >= 0.3 is 0 Å². The van der Waals surface area contributed by atoms with Gasteiger partial charge in [-0.1, -0.05) is 19.9 Å². The zero-order valence-corrected chi connectivity index (χ0v) is 14.0. The second-order valence-electron chi connectivity index (χ2n) is 5.97. The number of fused-ring (bicyclic) bond motifs is 1. The fraction of sp³-hybridized carbons (Fsp3) is 0.529. The zero-order chi connectivity index (χ0) is 17.0. The van der Waals surface area contributed by atoms with Crippen LogP contribution in [0.2, 0.25) is 0 Å². The summed E-state index contributed by atoms with van der Waals surface area (Å²) < 4.78 is 11.0. The third kappa shape index (κ3) is 3.94.